The lowest BCUT2D eigenvalue weighted by atomic mass is 9.71. The Balaban J connectivity index is 1.12. The van der Waals surface area contributed by atoms with Crippen molar-refractivity contribution in [3.8, 4) is 0 Å². The molecule has 4 aliphatic heterocycles. The maximum Gasteiger partial charge on any atom is 0.235 e. The summed E-state index contributed by atoms with van der Waals surface area (Å²) < 4.78 is 17.5. The SMILES string of the molecule is C[C@@H]1CN(c2ccc3c(C4CCC(=O)NC4=O)nn(C)c3c2F)CC[C@H]1CN1CCC2(CCNCC2)CC1. The first-order valence-electron chi connectivity index (χ1n) is 14.5. The first-order chi connectivity index (χ1) is 18.3. The van der Waals surface area contributed by atoms with Gasteiger partial charge in [-0.15, -0.1) is 0 Å². The number of rotatable bonds is 4. The number of imide groups is 1. The lowest BCUT2D eigenvalue weighted by molar-refractivity contribution is -0.134. The second-order valence-corrected chi connectivity index (χ2v) is 12.3. The van der Waals surface area contributed by atoms with Crippen LogP contribution in [0.1, 0.15) is 63.5 Å². The Hall–Kier alpha value is -2.52. The molecule has 2 amide bonds. The highest BCUT2D eigenvalue weighted by Crippen LogP contribution is 2.41. The normalized spacial score (nSPS) is 28.7. The number of carbonyl (C=O) groups excluding carboxylic acids is 2. The maximum atomic E-state index is 16.0. The van der Waals surface area contributed by atoms with Crippen LogP contribution in [-0.4, -0.2) is 72.3 Å². The minimum absolute atomic E-state index is 0.261. The zero-order valence-electron chi connectivity index (χ0n) is 22.8. The number of aryl methyl sites for hydroxylation is 1. The minimum atomic E-state index is -0.531. The molecule has 2 N–H and O–H groups in total. The van der Waals surface area contributed by atoms with Gasteiger partial charge in [0.15, 0.2) is 5.82 Å². The van der Waals surface area contributed by atoms with Crippen molar-refractivity contribution >= 4 is 28.4 Å². The fourth-order valence-corrected chi connectivity index (χ4v) is 7.48. The Morgan fingerprint density at radius 2 is 1.84 bits per heavy atom. The molecule has 9 heteroatoms. The van der Waals surface area contributed by atoms with Gasteiger partial charge in [0.2, 0.25) is 11.8 Å². The smallest absolute Gasteiger partial charge is 0.235 e. The van der Waals surface area contributed by atoms with Crippen LogP contribution in [0.15, 0.2) is 12.1 Å². The van der Waals surface area contributed by atoms with Crippen molar-refractivity contribution < 1.29 is 14.0 Å². The van der Waals surface area contributed by atoms with Crippen molar-refractivity contribution in [3.05, 3.63) is 23.6 Å². The predicted molar refractivity (Wildman–Crippen MR) is 145 cm³/mol. The highest BCUT2D eigenvalue weighted by atomic mass is 19.1. The number of amides is 2. The van der Waals surface area contributed by atoms with Crippen LogP contribution in [0.3, 0.4) is 0 Å². The van der Waals surface area contributed by atoms with Crippen LogP contribution < -0.4 is 15.5 Å². The van der Waals surface area contributed by atoms with Crippen molar-refractivity contribution in [2.24, 2.45) is 24.3 Å². The van der Waals surface area contributed by atoms with Gasteiger partial charge < -0.3 is 15.1 Å². The monoisotopic (exact) mass is 524 g/mol. The van der Waals surface area contributed by atoms with E-state index in [1.165, 1.54) is 51.9 Å². The first-order valence-corrected chi connectivity index (χ1v) is 14.5. The molecule has 0 radical (unpaired) electrons. The molecule has 206 valence electrons. The number of fused-ring (bicyclic) bond motifs is 1. The molecule has 3 atom stereocenters. The average Bonchev–Trinajstić information content (AvgIpc) is 3.24. The summed E-state index contributed by atoms with van der Waals surface area (Å²) in [5, 5.41) is 11.1. The summed E-state index contributed by atoms with van der Waals surface area (Å²) in [6.07, 6.45) is 7.07. The topological polar surface area (TPSA) is 82.5 Å². The molecule has 1 unspecified atom stereocenters. The second-order valence-electron chi connectivity index (χ2n) is 12.3. The van der Waals surface area contributed by atoms with Crippen LogP contribution in [0.4, 0.5) is 10.1 Å². The van der Waals surface area contributed by atoms with Gasteiger partial charge in [-0.05, 0) is 94.1 Å². The predicted octanol–water partition coefficient (Wildman–Crippen LogP) is 3.16. The number of nitrogens with one attached hydrogen (secondary N) is 2. The molecule has 4 aliphatic rings. The zero-order valence-corrected chi connectivity index (χ0v) is 22.8. The number of aromatic nitrogens is 2. The van der Waals surface area contributed by atoms with Crippen molar-refractivity contribution in [2.45, 2.75) is 57.8 Å². The molecule has 1 aromatic carbocycles. The number of piperidine rings is 4. The molecule has 4 fully saturated rings. The van der Waals surface area contributed by atoms with Gasteiger partial charge in [-0.3, -0.25) is 19.6 Å². The van der Waals surface area contributed by atoms with Gasteiger partial charge in [-0.1, -0.05) is 6.92 Å². The van der Waals surface area contributed by atoms with E-state index in [4.69, 9.17) is 0 Å². The number of nitrogens with zero attached hydrogens (tertiary/aromatic N) is 4. The van der Waals surface area contributed by atoms with E-state index in [1.807, 2.05) is 12.1 Å². The van der Waals surface area contributed by atoms with Gasteiger partial charge in [0, 0.05) is 38.5 Å². The van der Waals surface area contributed by atoms with E-state index < -0.39 is 5.92 Å². The number of hydrogen-bond acceptors (Lipinski definition) is 6. The summed E-state index contributed by atoms with van der Waals surface area (Å²) in [4.78, 5) is 28.9. The molecule has 8 nitrogen and oxygen atoms in total. The summed E-state index contributed by atoms with van der Waals surface area (Å²) in [6.45, 7) is 9.94. The summed E-state index contributed by atoms with van der Waals surface area (Å²) in [5.74, 6) is -0.290. The molecule has 38 heavy (non-hydrogen) atoms. The Morgan fingerprint density at radius 1 is 1.08 bits per heavy atom. The number of halogens is 1. The number of carbonyl (C=O) groups is 2. The van der Waals surface area contributed by atoms with Gasteiger partial charge in [-0.2, -0.15) is 5.10 Å². The molecule has 0 bridgehead atoms. The Kier molecular flexibility index (Phi) is 6.93. The molecule has 0 aliphatic carbocycles. The fraction of sp³-hybridized carbons (Fsp3) is 0.690. The van der Waals surface area contributed by atoms with Gasteiger partial charge in [0.05, 0.1) is 17.3 Å². The van der Waals surface area contributed by atoms with Crippen molar-refractivity contribution in [3.63, 3.8) is 0 Å². The van der Waals surface area contributed by atoms with Crippen LogP contribution in [0.2, 0.25) is 0 Å². The molecule has 0 saturated carbocycles. The van der Waals surface area contributed by atoms with Crippen molar-refractivity contribution in [1.82, 2.24) is 25.3 Å². The van der Waals surface area contributed by atoms with Crippen molar-refractivity contribution in [1.29, 1.82) is 0 Å². The van der Waals surface area contributed by atoms with Crippen molar-refractivity contribution in [2.75, 3.05) is 50.7 Å². The van der Waals surface area contributed by atoms with Crippen LogP contribution in [0.25, 0.3) is 10.9 Å². The summed E-state index contributed by atoms with van der Waals surface area (Å²) in [7, 11) is 1.73. The summed E-state index contributed by atoms with van der Waals surface area (Å²) in [5.41, 5.74) is 2.18. The standard InChI is InChI=1S/C29H41FN6O2/c1-19-17-36(14-7-20(19)18-35-15-10-29(11-16-35)8-12-31-13-9-29)23-5-3-21-26(33-34(2)27(21)25(23)30)22-4-6-24(37)32-28(22)38/h3,5,19-20,22,31H,4,6-18H2,1-2H3,(H,32,37,38)/t19-,20+,22?/m1/s1. The highest BCUT2D eigenvalue weighted by Gasteiger charge is 2.37. The van der Waals surface area contributed by atoms with E-state index in [9.17, 15) is 9.59 Å². The minimum Gasteiger partial charge on any atom is -0.369 e. The maximum absolute atomic E-state index is 16.0. The summed E-state index contributed by atoms with van der Waals surface area (Å²) >= 11 is 0. The van der Waals surface area contributed by atoms with Gasteiger partial charge in [-0.25, -0.2) is 4.39 Å². The van der Waals surface area contributed by atoms with Crippen LogP contribution in [0.5, 0.6) is 0 Å². The number of benzene rings is 1. The fourth-order valence-electron chi connectivity index (χ4n) is 7.48. The molecular formula is C29H41FN6O2. The van der Waals surface area contributed by atoms with E-state index >= 15 is 4.39 Å². The van der Waals surface area contributed by atoms with E-state index in [-0.39, 0.29) is 24.1 Å². The molecule has 4 saturated heterocycles. The van der Waals surface area contributed by atoms with E-state index in [2.05, 4.69) is 32.5 Å². The van der Waals surface area contributed by atoms with E-state index in [0.717, 1.165) is 26.1 Å². The largest absolute Gasteiger partial charge is 0.369 e. The first kappa shape index (κ1) is 25.7. The van der Waals surface area contributed by atoms with Crippen LogP contribution >= 0.6 is 0 Å². The molecule has 5 heterocycles. The van der Waals surface area contributed by atoms with Gasteiger partial charge >= 0.3 is 0 Å². The highest BCUT2D eigenvalue weighted by molar-refractivity contribution is 6.02. The average molecular weight is 525 g/mol. The van der Waals surface area contributed by atoms with E-state index in [1.54, 1.807) is 11.7 Å². The van der Waals surface area contributed by atoms with Gasteiger partial charge in [0.25, 0.3) is 0 Å². The quantitative estimate of drug-likeness (QED) is 0.598. The Labute approximate surface area is 224 Å². The summed E-state index contributed by atoms with van der Waals surface area (Å²) in [6, 6.07) is 3.76. The lowest BCUT2D eigenvalue weighted by Gasteiger charge is -2.46. The third-order valence-corrected chi connectivity index (χ3v) is 10.0. The van der Waals surface area contributed by atoms with Gasteiger partial charge in [0.1, 0.15) is 5.52 Å². The molecule has 1 spiro atoms. The third-order valence-electron chi connectivity index (χ3n) is 10.0. The van der Waals surface area contributed by atoms with Crippen LogP contribution in [0, 0.1) is 23.1 Å². The van der Waals surface area contributed by atoms with E-state index in [0.29, 0.717) is 46.0 Å². The third kappa shape index (κ3) is 4.72. The molecular weight excluding hydrogens is 483 g/mol. The Bertz CT molecular complexity index is 1210. The second kappa shape index (κ2) is 10.2. The zero-order chi connectivity index (χ0) is 26.4. The molecule has 6 rings (SSSR count). The molecule has 1 aromatic heterocycles. The number of anilines is 1. The Morgan fingerprint density at radius 3 is 2.55 bits per heavy atom. The lowest BCUT2D eigenvalue weighted by Crippen LogP contribution is -2.49. The number of likely N-dealkylation sites (tertiary alicyclic amines) is 1. The van der Waals surface area contributed by atoms with Crippen LogP contribution in [-0.2, 0) is 16.6 Å². The number of hydrogen-bond donors (Lipinski definition) is 2. The molecule has 2 aromatic rings.